The molecule has 1 heterocycles. The minimum absolute atomic E-state index is 0.128. The minimum atomic E-state index is -0.682. The second kappa shape index (κ2) is 7.13. The van der Waals surface area contributed by atoms with Gasteiger partial charge in [0.05, 0.1) is 12.1 Å². The molecule has 2 aromatic rings. The molecule has 2 amide bonds. The lowest BCUT2D eigenvalue weighted by atomic mass is 10.1. The van der Waals surface area contributed by atoms with Gasteiger partial charge in [-0.3, -0.25) is 9.59 Å². The van der Waals surface area contributed by atoms with Gasteiger partial charge < -0.3 is 10.4 Å². The standard InChI is InChI=1S/C18H17ClN2O3/c19-13-6-8-14(9-7-13)21-17(23)10-15(18(21)24)20-11-16(22)12-4-2-1-3-5-12/h1-9,15-16,20,22H,10-11H2/p+1/t15-,16-/m1/s1. The maximum atomic E-state index is 12.5. The van der Waals surface area contributed by atoms with Crippen LogP contribution in [-0.4, -0.2) is 29.5 Å². The highest BCUT2D eigenvalue weighted by Gasteiger charge is 2.42. The summed E-state index contributed by atoms with van der Waals surface area (Å²) in [5.74, 6) is -0.500. The van der Waals surface area contributed by atoms with E-state index in [1.165, 1.54) is 4.90 Å². The Bertz CT molecular complexity index is 734. The molecule has 124 valence electrons. The summed E-state index contributed by atoms with van der Waals surface area (Å²) in [6.07, 6.45) is -0.554. The zero-order valence-electron chi connectivity index (χ0n) is 12.9. The Balaban J connectivity index is 1.65. The van der Waals surface area contributed by atoms with Crippen LogP contribution in [0.1, 0.15) is 18.1 Å². The van der Waals surface area contributed by atoms with Gasteiger partial charge in [-0.2, -0.15) is 0 Å². The van der Waals surface area contributed by atoms with Crippen LogP contribution in [0, 0.1) is 0 Å². The molecule has 0 radical (unpaired) electrons. The van der Waals surface area contributed by atoms with Crippen LogP contribution in [0.2, 0.25) is 5.02 Å². The molecule has 24 heavy (non-hydrogen) atoms. The van der Waals surface area contributed by atoms with Crippen LogP contribution in [0.5, 0.6) is 0 Å². The first-order valence-corrected chi connectivity index (χ1v) is 8.13. The van der Waals surface area contributed by atoms with Crippen LogP contribution in [0.15, 0.2) is 54.6 Å². The zero-order valence-corrected chi connectivity index (χ0v) is 13.7. The van der Waals surface area contributed by atoms with Crippen LogP contribution >= 0.6 is 11.6 Å². The van der Waals surface area contributed by atoms with Gasteiger partial charge in [-0.1, -0.05) is 41.9 Å². The van der Waals surface area contributed by atoms with Crippen molar-refractivity contribution < 1.29 is 20.0 Å². The van der Waals surface area contributed by atoms with E-state index in [0.717, 1.165) is 5.56 Å². The Hall–Kier alpha value is -2.21. The van der Waals surface area contributed by atoms with Crippen molar-refractivity contribution in [1.29, 1.82) is 0 Å². The van der Waals surface area contributed by atoms with E-state index in [2.05, 4.69) is 0 Å². The van der Waals surface area contributed by atoms with Crippen LogP contribution in [0.3, 0.4) is 0 Å². The average Bonchev–Trinajstić information content (AvgIpc) is 2.88. The molecule has 3 N–H and O–H groups in total. The molecule has 0 spiro atoms. The molecular weight excluding hydrogens is 328 g/mol. The number of rotatable bonds is 5. The SMILES string of the molecule is O=C1C[C@@H]([NH2+]C[C@@H](O)c2ccccc2)C(=O)N1c1ccc(Cl)cc1. The van der Waals surface area contributed by atoms with Crippen molar-refractivity contribution in [2.45, 2.75) is 18.6 Å². The number of quaternary nitrogens is 1. The van der Waals surface area contributed by atoms with Crippen molar-refractivity contribution in [1.82, 2.24) is 0 Å². The molecular formula is C18H18ClN2O3+. The molecule has 6 heteroatoms. The van der Waals surface area contributed by atoms with Gasteiger partial charge in [0, 0.05) is 5.02 Å². The van der Waals surface area contributed by atoms with Gasteiger partial charge in [-0.25, -0.2) is 4.90 Å². The molecule has 3 rings (SSSR count). The lowest BCUT2D eigenvalue weighted by Gasteiger charge is -2.15. The van der Waals surface area contributed by atoms with Gasteiger partial charge >= 0.3 is 0 Å². The molecule has 0 aliphatic carbocycles. The summed E-state index contributed by atoms with van der Waals surface area (Å²) in [7, 11) is 0. The number of carbonyl (C=O) groups is 2. The van der Waals surface area contributed by atoms with E-state index >= 15 is 0 Å². The lowest BCUT2D eigenvalue weighted by Crippen LogP contribution is -2.92. The number of nitrogens with two attached hydrogens (primary N) is 1. The van der Waals surface area contributed by atoms with E-state index < -0.39 is 12.1 Å². The van der Waals surface area contributed by atoms with Gasteiger partial charge in [0.15, 0.2) is 6.04 Å². The summed E-state index contributed by atoms with van der Waals surface area (Å²) in [4.78, 5) is 25.9. The van der Waals surface area contributed by atoms with Crippen LogP contribution in [0.25, 0.3) is 0 Å². The topological polar surface area (TPSA) is 74.2 Å². The number of benzene rings is 2. The number of carbonyl (C=O) groups excluding carboxylic acids is 2. The van der Waals surface area contributed by atoms with E-state index in [0.29, 0.717) is 17.3 Å². The van der Waals surface area contributed by atoms with Gasteiger partial charge in [-0.05, 0) is 29.8 Å². The number of amides is 2. The highest BCUT2D eigenvalue weighted by Crippen LogP contribution is 2.23. The monoisotopic (exact) mass is 345 g/mol. The van der Waals surface area contributed by atoms with Gasteiger partial charge in [0.1, 0.15) is 12.6 Å². The van der Waals surface area contributed by atoms with E-state index in [4.69, 9.17) is 11.6 Å². The minimum Gasteiger partial charge on any atom is -0.382 e. The van der Waals surface area contributed by atoms with E-state index in [9.17, 15) is 14.7 Å². The van der Waals surface area contributed by atoms with Crippen LogP contribution < -0.4 is 10.2 Å². The summed E-state index contributed by atoms with van der Waals surface area (Å²) in [6, 6.07) is 15.3. The normalized spacial score (nSPS) is 18.9. The fourth-order valence-corrected chi connectivity index (χ4v) is 2.93. The smallest absolute Gasteiger partial charge is 0.292 e. The second-order valence-corrected chi connectivity index (χ2v) is 6.19. The number of aliphatic hydroxyl groups excluding tert-OH is 1. The Morgan fingerprint density at radius 2 is 1.79 bits per heavy atom. The van der Waals surface area contributed by atoms with Gasteiger partial charge in [0.25, 0.3) is 5.91 Å². The zero-order chi connectivity index (χ0) is 17.1. The number of hydrogen-bond donors (Lipinski definition) is 2. The average molecular weight is 346 g/mol. The Morgan fingerprint density at radius 1 is 1.12 bits per heavy atom. The van der Waals surface area contributed by atoms with Crippen molar-refractivity contribution >= 4 is 29.1 Å². The number of hydrogen-bond acceptors (Lipinski definition) is 3. The first-order valence-electron chi connectivity index (χ1n) is 7.75. The first-order chi connectivity index (χ1) is 11.6. The van der Waals surface area contributed by atoms with E-state index in [1.54, 1.807) is 29.6 Å². The fraction of sp³-hybridized carbons (Fsp3) is 0.222. The Labute approximate surface area is 144 Å². The number of nitrogens with zero attached hydrogens (tertiary/aromatic N) is 1. The number of halogens is 1. The first kappa shape index (κ1) is 16.6. The van der Waals surface area contributed by atoms with Crippen molar-refractivity contribution in [2.24, 2.45) is 0 Å². The summed E-state index contributed by atoms with van der Waals surface area (Å²) in [6.45, 7) is 0.322. The van der Waals surface area contributed by atoms with Crippen molar-refractivity contribution in [3.8, 4) is 0 Å². The third kappa shape index (κ3) is 3.48. The number of anilines is 1. The Kier molecular flexibility index (Phi) is 4.94. The molecule has 0 unspecified atom stereocenters. The lowest BCUT2D eigenvalue weighted by molar-refractivity contribution is -0.681. The molecule has 0 bridgehead atoms. The maximum Gasteiger partial charge on any atom is 0.292 e. The molecule has 0 aromatic heterocycles. The highest BCUT2D eigenvalue weighted by molar-refractivity contribution is 6.30. The van der Waals surface area contributed by atoms with Crippen LogP contribution in [-0.2, 0) is 9.59 Å². The summed E-state index contributed by atoms with van der Waals surface area (Å²) >= 11 is 5.84. The molecule has 1 aliphatic heterocycles. The quantitative estimate of drug-likeness (QED) is 0.801. The highest BCUT2D eigenvalue weighted by atomic mass is 35.5. The van der Waals surface area contributed by atoms with Gasteiger partial charge in [-0.15, -0.1) is 0 Å². The second-order valence-electron chi connectivity index (χ2n) is 5.75. The van der Waals surface area contributed by atoms with Crippen LogP contribution in [0.4, 0.5) is 5.69 Å². The molecule has 5 nitrogen and oxygen atoms in total. The molecule has 2 aromatic carbocycles. The number of aliphatic hydroxyl groups is 1. The molecule has 1 fully saturated rings. The van der Waals surface area contributed by atoms with Crippen molar-refractivity contribution in [3.05, 3.63) is 65.2 Å². The Morgan fingerprint density at radius 3 is 2.46 bits per heavy atom. The predicted molar refractivity (Wildman–Crippen MR) is 90.5 cm³/mol. The maximum absolute atomic E-state index is 12.5. The molecule has 1 aliphatic rings. The molecule has 1 saturated heterocycles. The van der Waals surface area contributed by atoms with E-state index in [1.807, 2.05) is 30.3 Å². The third-order valence-electron chi connectivity index (χ3n) is 4.09. The molecule has 0 saturated carbocycles. The largest absolute Gasteiger partial charge is 0.382 e. The van der Waals surface area contributed by atoms with Gasteiger partial charge in [0.2, 0.25) is 5.91 Å². The fourth-order valence-electron chi connectivity index (χ4n) is 2.81. The summed E-state index contributed by atoms with van der Waals surface area (Å²) in [5, 5.41) is 12.5. The van der Waals surface area contributed by atoms with E-state index in [-0.39, 0.29) is 18.2 Å². The third-order valence-corrected chi connectivity index (χ3v) is 4.35. The summed E-state index contributed by atoms with van der Waals surface area (Å²) in [5.41, 5.74) is 1.31. The molecule has 2 atom stereocenters. The van der Waals surface area contributed by atoms with Crippen molar-refractivity contribution in [2.75, 3.05) is 11.4 Å². The van der Waals surface area contributed by atoms with Crippen molar-refractivity contribution in [3.63, 3.8) is 0 Å². The number of imide groups is 1. The predicted octanol–water partition coefficient (Wildman–Crippen LogP) is 1.27. The summed E-state index contributed by atoms with van der Waals surface area (Å²) < 4.78 is 0.